The van der Waals surface area contributed by atoms with Crippen LogP contribution >= 0.6 is 0 Å². The first-order valence-corrected chi connectivity index (χ1v) is 14.8. The lowest BCUT2D eigenvalue weighted by Gasteiger charge is -2.54. The highest BCUT2D eigenvalue weighted by Crippen LogP contribution is 2.60. The maximum Gasteiger partial charge on any atom is 0.119 e. The fourth-order valence-corrected chi connectivity index (χ4v) is 6.94. The minimum absolute atomic E-state index is 0.0660. The molecule has 3 aliphatic rings. The van der Waals surface area contributed by atoms with Crippen LogP contribution in [0.5, 0.6) is 5.75 Å². The van der Waals surface area contributed by atoms with E-state index in [0.29, 0.717) is 16.5 Å². The van der Waals surface area contributed by atoms with Gasteiger partial charge in [-0.3, -0.25) is 0 Å². The van der Waals surface area contributed by atoms with Gasteiger partial charge in [0.05, 0.1) is 17.7 Å². The van der Waals surface area contributed by atoms with Gasteiger partial charge in [0.15, 0.2) is 0 Å². The first kappa shape index (κ1) is 27.3. The molecule has 0 radical (unpaired) electrons. The van der Waals surface area contributed by atoms with Crippen LogP contribution in [-0.4, -0.2) is 6.61 Å². The zero-order chi connectivity index (χ0) is 26.1. The summed E-state index contributed by atoms with van der Waals surface area (Å²) in [6, 6.07) is 17.1. The van der Waals surface area contributed by atoms with Crippen LogP contribution in [0.3, 0.4) is 0 Å². The molecule has 3 saturated carbocycles. The molecule has 3 heteroatoms. The number of nitrogens with zero attached hydrogens (tertiary/aromatic N) is 2. The van der Waals surface area contributed by atoms with Crippen LogP contribution in [0.1, 0.15) is 127 Å². The summed E-state index contributed by atoms with van der Waals surface area (Å²) < 4.78 is 5.93. The van der Waals surface area contributed by atoms with Crippen LogP contribution in [0.15, 0.2) is 36.4 Å². The number of ether oxygens (including phenoxy) is 1. The second-order valence-corrected chi connectivity index (χ2v) is 11.7. The SMILES string of the molecule is CCCCCCCOc1ccc(-c2ccc(C34CCC(CCCCC)(CC3)CC4)c(C#N)c2C#N)cc1. The summed E-state index contributed by atoms with van der Waals surface area (Å²) in [5, 5.41) is 20.4. The predicted octanol–water partition coefficient (Wildman–Crippen LogP) is 9.62. The molecular formula is C34H44N2O. The van der Waals surface area contributed by atoms with Crippen molar-refractivity contribution in [1.29, 1.82) is 10.5 Å². The lowest BCUT2D eigenvalue weighted by molar-refractivity contribution is 0.0304. The smallest absolute Gasteiger partial charge is 0.119 e. The zero-order valence-electron chi connectivity index (χ0n) is 23.1. The standard InChI is InChI=1S/C34H44N2O/c1-3-5-7-8-10-24-37-28-13-11-27(12-14-28)29-15-16-32(31(26-36)30(29)25-35)34-21-18-33(19-22-34,20-23-34)17-9-6-4-2/h11-16H,3-10,17-24H2,1-2H3. The number of fused-ring (bicyclic) bond motifs is 3. The van der Waals surface area contributed by atoms with Crippen molar-refractivity contribution in [1.82, 2.24) is 0 Å². The Kier molecular flexibility index (Phi) is 9.32. The lowest BCUT2D eigenvalue weighted by Crippen LogP contribution is -2.44. The molecule has 3 nitrogen and oxygen atoms in total. The molecule has 0 atom stereocenters. The first-order chi connectivity index (χ1) is 18.1. The summed E-state index contributed by atoms with van der Waals surface area (Å²) in [7, 11) is 0. The fourth-order valence-electron chi connectivity index (χ4n) is 6.94. The third-order valence-electron chi connectivity index (χ3n) is 9.39. The van der Waals surface area contributed by atoms with Gasteiger partial charge in [-0.1, -0.05) is 83.1 Å². The number of hydrogen-bond donors (Lipinski definition) is 0. The van der Waals surface area contributed by atoms with E-state index < -0.39 is 0 Å². The molecule has 2 aromatic rings. The molecule has 3 fully saturated rings. The Bertz CT molecular complexity index is 1090. The van der Waals surface area contributed by atoms with Crippen LogP contribution in [0.4, 0.5) is 0 Å². The predicted molar refractivity (Wildman–Crippen MR) is 152 cm³/mol. The largest absolute Gasteiger partial charge is 0.494 e. The third-order valence-corrected chi connectivity index (χ3v) is 9.39. The third kappa shape index (κ3) is 6.04. The van der Waals surface area contributed by atoms with Crippen LogP contribution in [0.25, 0.3) is 11.1 Å². The molecule has 0 spiro atoms. The molecule has 2 aromatic carbocycles. The monoisotopic (exact) mass is 496 g/mol. The molecule has 5 rings (SSSR count). The van der Waals surface area contributed by atoms with Gasteiger partial charge in [-0.25, -0.2) is 0 Å². The van der Waals surface area contributed by atoms with E-state index in [2.05, 4.69) is 38.1 Å². The van der Waals surface area contributed by atoms with Crippen molar-refractivity contribution in [3.05, 3.63) is 53.1 Å². The first-order valence-electron chi connectivity index (χ1n) is 14.8. The van der Waals surface area contributed by atoms with E-state index in [0.717, 1.165) is 54.7 Å². The van der Waals surface area contributed by atoms with Gasteiger partial charge in [-0.15, -0.1) is 0 Å². The average Bonchev–Trinajstić information content (AvgIpc) is 2.95. The van der Waals surface area contributed by atoms with Crippen molar-refractivity contribution < 1.29 is 4.74 Å². The normalized spacial score (nSPS) is 22.4. The van der Waals surface area contributed by atoms with Gasteiger partial charge in [-0.05, 0) is 85.5 Å². The highest BCUT2D eigenvalue weighted by molar-refractivity contribution is 5.75. The van der Waals surface area contributed by atoms with Crippen LogP contribution in [0, 0.1) is 28.1 Å². The Labute approximate surface area is 224 Å². The maximum absolute atomic E-state index is 10.2. The fraction of sp³-hybridized carbons (Fsp3) is 0.588. The number of rotatable bonds is 13. The van der Waals surface area contributed by atoms with Gasteiger partial charge < -0.3 is 4.74 Å². The Morgan fingerprint density at radius 3 is 1.95 bits per heavy atom. The lowest BCUT2D eigenvalue weighted by atomic mass is 9.50. The van der Waals surface area contributed by atoms with E-state index in [4.69, 9.17) is 4.74 Å². The summed E-state index contributed by atoms with van der Waals surface area (Å²) in [4.78, 5) is 0. The highest BCUT2D eigenvalue weighted by atomic mass is 16.5. The summed E-state index contributed by atoms with van der Waals surface area (Å²) in [6.07, 6.45) is 18.7. The van der Waals surface area contributed by atoms with Crippen LogP contribution < -0.4 is 4.74 Å². The van der Waals surface area contributed by atoms with Crippen molar-refractivity contribution >= 4 is 0 Å². The van der Waals surface area contributed by atoms with E-state index in [1.54, 1.807) is 0 Å². The summed E-state index contributed by atoms with van der Waals surface area (Å²) >= 11 is 0. The molecule has 3 aliphatic carbocycles. The van der Waals surface area contributed by atoms with Gasteiger partial charge in [0.2, 0.25) is 0 Å². The maximum atomic E-state index is 10.2. The Morgan fingerprint density at radius 2 is 1.32 bits per heavy atom. The summed E-state index contributed by atoms with van der Waals surface area (Å²) in [5.74, 6) is 0.862. The number of benzene rings is 2. The molecule has 196 valence electrons. The van der Waals surface area contributed by atoms with Crippen molar-refractivity contribution in [3.8, 4) is 29.0 Å². The van der Waals surface area contributed by atoms with Gasteiger partial charge in [0.1, 0.15) is 17.9 Å². The molecule has 0 unspecified atom stereocenters. The summed E-state index contributed by atoms with van der Waals surface area (Å²) in [6.45, 7) is 5.25. The molecular weight excluding hydrogens is 452 g/mol. The highest BCUT2D eigenvalue weighted by Gasteiger charge is 2.49. The van der Waals surface area contributed by atoms with E-state index >= 15 is 0 Å². The molecule has 2 bridgehead atoms. The minimum atomic E-state index is 0.0660. The molecule has 0 aliphatic heterocycles. The van der Waals surface area contributed by atoms with Crippen molar-refractivity contribution in [2.24, 2.45) is 5.41 Å². The average molecular weight is 497 g/mol. The van der Waals surface area contributed by atoms with Gasteiger partial charge in [-0.2, -0.15) is 10.5 Å². The van der Waals surface area contributed by atoms with Crippen LogP contribution in [-0.2, 0) is 5.41 Å². The van der Waals surface area contributed by atoms with E-state index in [-0.39, 0.29) is 5.41 Å². The number of hydrogen-bond acceptors (Lipinski definition) is 3. The Hall–Kier alpha value is -2.78. The van der Waals surface area contributed by atoms with E-state index in [1.165, 1.54) is 70.6 Å². The number of unbranched alkanes of at least 4 members (excludes halogenated alkanes) is 6. The minimum Gasteiger partial charge on any atom is -0.494 e. The van der Waals surface area contributed by atoms with E-state index in [9.17, 15) is 10.5 Å². The number of nitriles is 2. The Morgan fingerprint density at radius 1 is 0.703 bits per heavy atom. The van der Waals surface area contributed by atoms with Crippen molar-refractivity contribution in [2.45, 2.75) is 116 Å². The zero-order valence-corrected chi connectivity index (χ0v) is 23.1. The molecule has 0 saturated heterocycles. The van der Waals surface area contributed by atoms with E-state index in [1.807, 2.05) is 24.3 Å². The van der Waals surface area contributed by atoms with Crippen molar-refractivity contribution in [2.75, 3.05) is 6.61 Å². The van der Waals surface area contributed by atoms with Gasteiger partial charge in [0, 0.05) is 5.56 Å². The second kappa shape index (κ2) is 12.6. The molecule has 0 heterocycles. The van der Waals surface area contributed by atoms with Crippen molar-refractivity contribution in [3.63, 3.8) is 0 Å². The molecule has 0 amide bonds. The van der Waals surface area contributed by atoms with Gasteiger partial charge in [0.25, 0.3) is 0 Å². The molecule has 37 heavy (non-hydrogen) atoms. The second-order valence-electron chi connectivity index (χ2n) is 11.7. The molecule has 0 aromatic heterocycles. The topological polar surface area (TPSA) is 56.8 Å². The quantitative estimate of drug-likeness (QED) is 0.259. The van der Waals surface area contributed by atoms with Gasteiger partial charge >= 0.3 is 0 Å². The summed E-state index contributed by atoms with van der Waals surface area (Å²) in [5.41, 5.74) is 4.68. The molecule has 0 N–H and O–H groups in total. The Balaban J connectivity index is 1.49. The van der Waals surface area contributed by atoms with Crippen LogP contribution in [0.2, 0.25) is 0 Å².